The summed E-state index contributed by atoms with van der Waals surface area (Å²) in [6, 6.07) is 14.4. The smallest absolute Gasteiger partial charge is 0.272 e. The Morgan fingerprint density at radius 3 is 2.64 bits per heavy atom. The Kier molecular flexibility index (Phi) is 4.20. The molecule has 4 heteroatoms. The van der Waals surface area contributed by atoms with Crippen molar-refractivity contribution >= 4 is 5.91 Å². The average Bonchev–Trinajstić information content (AvgIpc) is 2.56. The number of aryl methyl sites for hydroxylation is 1. The van der Waals surface area contributed by atoms with Gasteiger partial charge in [0.2, 0.25) is 0 Å². The number of hydrogen-bond acceptors (Lipinski definition) is 3. The lowest BCUT2D eigenvalue weighted by Gasteiger charge is -2.39. The van der Waals surface area contributed by atoms with Crippen LogP contribution in [-0.2, 0) is 0 Å². The molecule has 1 aliphatic heterocycles. The van der Waals surface area contributed by atoms with Crippen molar-refractivity contribution in [3.63, 3.8) is 0 Å². The van der Waals surface area contributed by atoms with Crippen LogP contribution in [0.2, 0.25) is 0 Å². The molecule has 2 aromatic rings. The zero-order chi connectivity index (χ0) is 15.5. The van der Waals surface area contributed by atoms with E-state index in [0.29, 0.717) is 12.2 Å². The molecule has 0 saturated carbocycles. The molecular weight excluding hydrogens is 274 g/mol. The second-order valence-corrected chi connectivity index (χ2v) is 5.83. The third kappa shape index (κ3) is 2.88. The lowest BCUT2D eigenvalue weighted by atomic mass is 10.0. The van der Waals surface area contributed by atoms with Crippen LogP contribution >= 0.6 is 0 Å². The van der Waals surface area contributed by atoms with Crippen LogP contribution in [0.4, 0.5) is 0 Å². The van der Waals surface area contributed by atoms with Crippen molar-refractivity contribution in [2.24, 2.45) is 0 Å². The number of piperazine rings is 1. The molecule has 1 saturated heterocycles. The van der Waals surface area contributed by atoms with E-state index in [4.69, 9.17) is 0 Å². The van der Waals surface area contributed by atoms with Gasteiger partial charge in [0.1, 0.15) is 5.69 Å². The number of carbonyl (C=O) groups excluding carboxylic acids is 1. The number of nitrogens with zero attached hydrogens (tertiary/aromatic N) is 3. The lowest BCUT2D eigenvalue weighted by Crippen LogP contribution is -2.49. The van der Waals surface area contributed by atoms with Crippen LogP contribution in [0.15, 0.2) is 48.7 Å². The molecule has 0 aliphatic carbocycles. The van der Waals surface area contributed by atoms with E-state index in [1.54, 1.807) is 6.20 Å². The summed E-state index contributed by atoms with van der Waals surface area (Å²) in [6.45, 7) is 4.26. The van der Waals surface area contributed by atoms with Crippen molar-refractivity contribution in [3.05, 3.63) is 65.5 Å². The van der Waals surface area contributed by atoms with E-state index in [-0.39, 0.29) is 11.9 Å². The number of pyridine rings is 1. The minimum absolute atomic E-state index is 0.0344. The van der Waals surface area contributed by atoms with E-state index in [9.17, 15) is 4.79 Å². The fourth-order valence-electron chi connectivity index (χ4n) is 2.95. The second kappa shape index (κ2) is 6.28. The van der Waals surface area contributed by atoms with Crippen LogP contribution < -0.4 is 0 Å². The maximum Gasteiger partial charge on any atom is 0.272 e. The molecule has 0 bridgehead atoms. The summed E-state index contributed by atoms with van der Waals surface area (Å²) in [4.78, 5) is 21.2. The normalized spacial score (nSPS) is 19.2. The fraction of sp³-hybridized carbons (Fsp3) is 0.333. The van der Waals surface area contributed by atoms with Crippen LogP contribution in [0.3, 0.4) is 0 Å². The zero-order valence-electron chi connectivity index (χ0n) is 13.1. The highest BCUT2D eigenvalue weighted by atomic mass is 16.2. The Morgan fingerprint density at radius 2 is 1.91 bits per heavy atom. The second-order valence-electron chi connectivity index (χ2n) is 5.83. The minimum atomic E-state index is 0.0344. The zero-order valence-corrected chi connectivity index (χ0v) is 13.1. The van der Waals surface area contributed by atoms with E-state index in [1.165, 1.54) is 5.56 Å². The Morgan fingerprint density at radius 1 is 1.14 bits per heavy atom. The first-order valence-electron chi connectivity index (χ1n) is 7.63. The average molecular weight is 295 g/mol. The molecular formula is C18H21N3O. The standard InChI is InChI=1S/C18H21N3O/c1-14-7-6-10-19-17(14)18(22)21-12-11-20(2)16(13-21)15-8-4-3-5-9-15/h3-10,16H,11-13H2,1-2H3/t16-/m1/s1. The number of aromatic nitrogens is 1. The van der Waals surface area contributed by atoms with Crippen molar-refractivity contribution in [2.45, 2.75) is 13.0 Å². The van der Waals surface area contributed by atoms with Gasteiger partial charge in [-0.05, 0) is 31.2 Å². The van der Waals surface area contributed by atoms with Gasteiger partial charge in [0.25, 0.3) is 5.91 Å². The van der Waals surface area contributed by atoms with Gasteiger partial charge in [-0.3, -0.25) is 14.7 Å². The van der Waals surface area contributed by atoms with E-state index >= 15 is 0 Å². The largest absolute Gasteiger partial charge is 0.334 e. The number of likely N-dealkylation sites (N-methyl/N-ethyl adjacent to an activating group) is 1. The Bertz CT molecular complexity index is 656. The summed E-state index contributed by atoms with van der Waals surface area (Å²) in [5, 5.41) is 0. The van der Waals surface area contributed by atoms with Crippen LogP contribution in [0.25, 0.3) is 0 Å². The summed E-state index contributed by atoms with van der Waals surface area (Å²) in [5.41, 5.74) is 2.75. The van der Waals surface area contributed by atoms with Gasteiger partial charge in [0, 0.05) is 25.8 Å². The first kappa shape index (κ1) is 14.7. The van der Waals surface area contributed by atoms with Crippen molar-refractivity contribution < 1.29 is 4.79 Å². The van der Waals surface area contributed by atoms with E-state index in [0.717, 1.165) is 18.7 Å². The molecule has 0 radical (unpaired) electrons. The monoisotopic (exact) mass is 295 g/mol. The van der Waals surface area contributed by atoms with Crippen molar-refractivity contribution in [3.8, 4) is 0 Å². The van der Waals surface area contributed by atoms with Gasteiger partial charge in [-0.1, -0.05) is 36.4 Å². The Labute approximate surface area is 131 Å². The van der Waals surface area contributed by atoms with Gasteiger partial charge in [-0.2, -0.15) is 0 Å². The number of hydrogen-bond donors (Lipinski definition) is 0. The van der Waals surface area contributed by atoms with Crippen LogP contribution in [0, 0.1) is 6.92 Å². The quantitative estimate of drug-likeness (QED) is 0.854. The first-order valence-corrected chi connectivity index (χ1v) is 7.63. The molecule has 3 rings (SSSR count). The van der Waals surface area contributed by atoms with Gasteiger partial charge in [0.05, 0.1) is 6.04 Å². The highest BCUT2D eigenvalue weighted by molar-refractivity contribution is 5.93. The number of amides is 1. The summed E-state index contributed by atoms with van der Waals surface area (Å²) in [5.74, 6) is 0.0344. The summed E-state index contributed by atoms with van der Waals surface area (Å²) < 4.78 is 0. The van der Waals surface area contributed by atoms with Crippen LogP contribution in [-0.4, -0.2) is 47.4 Å². The van der Waals surface area contributed by atoms with Crippen LogP contribution in [0.1, 0.15) is 27.7 Å². The number of benzene rings is 1. The highest BCUT2D eigenvalue weighted by Gasteiger charge is 2.29. The van der Waals surface area contributed by atoms with Crippen molar-refractivity contribution in [2.75, 3.05) is 26.7 Å². The maximum absolute atomic E-state index is 12.7. The summed E-state index contributed by atoms with van der Waals surface area (Å²) >= 11 is 0. The predicted molar refractivity (Wildman–Crippen MR) is 86.7 cm³/mol. The molecule has 1 aliphatic rings. The molecule has 1 amide bonds. The molecule has 114 valence electrons. The third-order valence-electron chi connectivity index (χ3n) is 4.33. The van der Waals surface area contributed by atoms with Crippen molar-refractivity contribution in [1.29, 1.82) is 0 Å². The Hall–Kier alpha value is -2.20. The van der Waals surface area contributed by atoms with E-state index in [1.807, 2.05) is 42.2 Å². The molecule has 1 fully saturated rings. The summed E-state index contributed by atoms with van der Waals surface area (Å²) in [7, 11) is 2.12. The fourth-order valence-corrected chi connectivity index (χ4v) is 2.95. The SMILES string of the molecule is Cc1cccnc1C(=O)N1CCN(C)[C@@H](c2ccccc2)C1. The van der Waals surface area contributed by atoms with Gasteiger partial charge in [0.15, 0.2) is 0 Å². The molecule has 1 aromatic carbocycles. The maximum atomic E-state index is 12.7. The van der Waals surface area contributed by atoms with Gasteiger partial charge < -0.3 is 4.90 Å². The highest BCUT2D eigenvalue weighted by Crippen LogP contribution is 2.24. The molecule has 22 heavy (non-hydrogen) atoms. The number of rotatable bonds is 2. The van der Waals surface area contributed by atoms with Gasteiger partial charge >= 0.3 is 0 Å². The molecule has 0 spiro atoms. The summed E-state index contributed by atoms with van der Waals surface area (Å²) in [6.07, 6.45) is 1.69. The first-order chi connectivity index (χ1) is 10.7. The minimum Gasteiger partial charge on any atom is -0.334 e. The van der Waals surface area contributed by atoms with Crippen molar-refractivity contribution in [1.82, 2.24) is 14.8 Å². The topological polar surface area (TPSA) is 36.4 Å². The van der Waals surface area contributed by atoms with Crippen LogP contribution in [0.5, 0.6) is 0 Å². The Balaban J connectivity index is 1.81. The van der Waals surface area contributed by atoms with Gasteiger partial charge in [-0.25, -0.2) is 0 Å². The number of carbonyl (C=O) groups is 1. The molecule has 1 atom stereocenters. The molecule has 1 aromatic heterocycles. The molecule has 0 unspecified atom stereocenters. The predicted octanol–water partition coefficient (Wildman–Crippen LogP) is 2.52. The van der Waals surface area contributed by atoms with E-state index in [2.05, 4.69) is 29.1 Å². The molecule has 4 nitrogen and oxygen atoms in total. The molecule has 2 heterocycles. The lowest BCUT2D eigenvalue weighted by molar-refractivity contribution is 0.0540. The third-order valence-corrected chi connectivity index (χ3v) is 4.33. The molecule has 0 N–H and O–H groups in total. The van der Waals surface area contributed by atoms with Gasteiger partial charge in [-0.15, -0.1) is 0 Å². The van der Waals surface area contributed by atoms with E-state index < -0.39 is 0 Å².